The van der Waals surface area contributed by atoms with Crippen molar-refractivity contribution in [2.45, 2.75) is 44.9 Å². The lowest BCUT2D eigenvalue weighted by Gasteiger charge is -2.35. The first-order chi connectivity index (χ1) is 11.6. The van der Waals surface area contributed by atoms with Gasteiger partial charge in [0, 0.05) is 0 Å². The molecule has 1 aliphatic carbocycles. The zero-order valence-electron chi connectivity index (χ0n) is 14.4. The molecule has 4 unspecified atom stereocenters. The van der Waals surface area contributed by atoms with Crippen LogP contribution < -0.4 is 5.32 Å². The number of carbonyl (C=O) groups excluding carboxylic acids is 3. The third kappa shape index (κ3) is 2.21. The van der Waals surface area contributed by atoms with E-state index in [1.165, 1.54) is 6.92 Å². The molecule has 3 N–H and O–H groups in total. The fraction of sp³-hybridized carbons (Fsp3) is 0.421. The van der Waals surface area contributed by atoms with Gasteiger partial charge in [0.1, 0.15) is 12.1 Å². The minimum Gasteiger partial charge on any atom is -0.386 e. The topological polar surface area (TPSA) is 104 Å². The van der Waals surface area contributed by atoms with Crippen molar-refractivity contribution in [2.75, 3.05) is 0 Å². The average molecular weight is 343 g/mol. The van der Waals surface area contributed by atoms with Crippen LogP contribution in [0.2, 0.25) is 0 Å². The number of Topliss-reactive ketones (excluding diaryl/α,β-unsaturated/α-hetero) is 2. The molecule has 132 valence electrons. The lowest BCUT2D eigenvalue weighted by Crippen LogP contribution is -2.59. The molecule has 2 aliphatic rings. The summed E-state index contributed by atoms with van der Waals surface area (Å²) >= 11 is 0. The highest BCUT2D eigenvalue weighted by Crippen LogP contribution is 2.49. The van der Waals surface area contributed by atoms with E-state index in [1.807, 2.05) is 0 Å². The summed E-state index contributed by atoms with van der Waals surface area (Å²) in [6, 6.07) is 7.11. The largest absolute Gasteiger partial charge is 0.386 e. The lowest BCUT2D eigenvalue weighted by atomic mass is 9.67. The molecule has 0 bridgehead atoms. The molecule has 1 amide bonds. The van der Waals surface area contributed by atoms with Gasteiger partial charge in [-0.3, -0.25) is 14.4 Å². The van der Waals surface area contributed by atoms with Crippen molar-refractivity contribution in [2.24, 2.45) is 5.41 Å². The molecule has 0 aromatic heterocycles. The maximum atomic E-state index is 12.9. The molecule has 1 aromatic rings. The molecular weight excluding hydrogens is 322 g/mol. The quantitative estimate of drug-likeness (QED) is 0.706. The van der Waals surface area contributed by atoms with E-state index in [4.69, 9.17) is 0 Å². The van der Waals surface area contributed by atoms with Gasteiger partial charge in [0.25, 0.3) is 5.91 Å². The van der Waals surface area contributed by atoms with E-state index in [0.29, 0.717) is 11.1 Å². The number of benzene rings is 1. The van der Waals surface area contributed by atoms with Gasteiger partial charge in [0.2, 0.25) is 5.60 Å². The number of hydrogen-bond donors (Lipinski definition) is 3. The van der Waals surface area contributed by atoms with Crippen molar-refractivity contribution in [1.82, 2.24) is 5.32 Å². The van der Waals surface area contributed by atoms with Crippen molar-refractivity contribution >= 4 is 17.5 Å². The summed E-state index contributed by atoms with van der Waals surface area (Å²) in [4.78, 5) is 38.1. The van der Waals surface area contributed by atoms with Gasteiger partial charge in [0.05, 0.1) is 5.41 Å². The maximum absolute atomic E-state index is 12.9. The standard InChI is InChI=1S/C19H21NO5/c1-10-9-18(3,15(22)11(10)2)19(25)16(23)13(20-17(19)24)14(21)12-7-5-4-6-8-12/h4-8,13-14,21,25H,9H2,1-3H3,(H,20,24). The number of amides is 1. The summed E-state index contributed by atoms with van der Waals surface area (Å²) in [6.07, 6.45) is -1.18. The van der Waals surface area contributed by atoms with Crippen molar-refractivity contribution in [1.29, 1.82) is 0 Å². The van der Waals surface area contributed by atoms with Crippen LogP contribution in [0.3, 0.4) is 0 Å². The summed E-state index contributed by atoms with van der Waals surface area (Å²) in [5, 5.41) is 23.9. The molecule has 1 saturated heterocycles. The summed E-state index contributed by atoms with van der Waals surface area (Å²) in [6.45, 7) is 4.81. The minimum atomic E-state index is -2.50. The molecule has 0 saturated carbocycles. The number of hydrogen-bond acceptors (Lipinski definition) is 5. The predicted molar refractivity (Wildman–Crippen MR) is 89.4 cm³/mol. The fourth-order valence-corrected chi connectivity index (χ4v) is 3.88. The van der Waals surface area contributed by atoms with Crippen LogP contribution in [0.4, 0.5) is 0 Å². The van der Waals surface area contributed by atoms with E-state index in [-0.39, 0.29) is 6.42 Å². The number of carbonyl (C=O) groups is 3. The number of aliphatic hydroxyl groups excluding tert-OH is 1. The predicted octanol–water partition coefficient (Wildman–Crippen LogP) is 0.834. The van der Waals surface area contributed by atoms with Crippen LogP contribution >= 0.6 is 0 Å². The molecule has 4 atom stereocenters. The molecular formula is C19H21NO5. The average Bonchev–Trinajstić information content (AvgIpc) is 2.96. The number of allylic oxidation sites excluding steroid dienone is 2. The lowest BCUT2D eigenvalue weighted by molar-refractivity contribution is -0.164. The van der Waals surface area contributed by atoms with E-state index in [9.17, 15) is 24.6 Å². The second kappa shape index (κ2) is 5.61. The number of ketones is 2. The molecule has 25 heavy (non-hydrogen) atoms. The van der Waals surface area contributed by atoms with Crippen LogP contribution in [0.1, 0.15) is 38.9 Å². The molecule has 6 heteroatoms. The first-order valence-corrected chi connectivity index (χ1v) is 8.16. The second-order valence-electron chi connectivity index (χ2n) is 7.12. The third-order valence-electron chi connectivity index (χ3n) is 5.61. The van der Waals surface area contributed by atoms with Crippen LogP contribution in [-0.4, -0.2) is 39.3 Å². The highest BCUT2D eigenvalue weighted by atomic mass is 16.3. The van der Waals surface area contributed by atoms with Crippen LogP contribution in [0.15, 0.2) is 41.5 Å². The van der Waals surface area contributed by atoms with Crippen molar-refractivity contribution in [3.8, 4) is 0 Å². The van der Waals surface area contributed by atoms with E-state index in [1.54, 1.807) is 44.2 Å². The van der Waals surface area contributed by atoms with Crippen LogP contribution in [0.5, 0.6) is 0 Å². The summed E-state index contributed by atoms with van der Waals surface area (Å²) in [5.74, 6) is -2.21. The Morgan fingerprint density at radius 2 is 1.76 bits per heavy atom. The Bertz CT molecular complexity index is 799. The Morgan fingerprint density at radius 1 is 1.16 bits per heavy atom. The molecule has 1 fully saturated rings. The molecule has 1 aliphatic heterocycles. The van der Waals surface area contributed by atoms with E-state index >= 15 is 0 Å². The Morgan fingerprint density at radius 3 is 2.28 bits per heavy atom. The van der Waals surface area contributed by atoms with Crippen molar-refractivity contribution in [3.05, 3.63) is 47.0 Å². The normalized spacial score (nSPS) is 33.8. The van der Waals surface area contributed by atoms with Crippen molar-refractivity contribution < 1.29 is 24.6 Å². The summed E-state index contributed by atoms with van der Waals surface area (Å²) < 4.78 is 0. The maximum Gasteiger partial charge on any atom is 0.261 e. The molecule has 6 nitrogen and oxygen atoms in total. The van der Waals surface area contributed by atoms with Gasteiger partial charge in [-0.05, 0) is 38.3 Å². The van der Waals surface area contributed by atoms with Gasteiger partial charge in [0.15, 0.2) is 11.6 Å². The Kier molecular flexibility index (Phi) is 3.93. The monoisotopic (exact) mass is 343 g/mol. The van der Waals surface area contributed by atoms with E-state index in [0.717, 1.165) is 5.57 Å². The van der Waals surface area contributed by atoms with Gasteiger partial charge in [-0.2, -0.15) is 0 Å². The first-order valence-electron chi connectivity index (χ1n) is 8.16. The minimum absolute atomic E-state index is 0.126. The Hall–Kier alpha value is -2.31. The molecule has 1 heterocycles. The zero-order valence-corrected chi connectivity index (χ0v) is 14.4. The van der Waals surface area contributed by atoms with Crippen LogP contribution in [-0.2, 0) is 14.4 Å². The molecule has 0 spiro atoms. The Balaban J connectivity index is 1.98. The molecule has 1 aromatic carbocycles. The fourth-order valence-electron chi connectivity index (χ4n) is 3.88. The van der Waals surface area contributed by atoms with Gasteiger partial charge in [-0.25, -0.2) is 0 Å². The Labute approximate surface area is 145 Å². The van der Waals surface area contributed by atoms with E-state index in [2.05, 4.69) is 5.32 Å². The highest BCUT2D eigenvalue weighted by Gasteiger charge is 2.68. The van der Waals surface area contributed by atoms with Gasteiger partial charge in [-0.1, -0.05) is 35.9 Å². The highest BCUT2D eigenvalue weighted by molar-refractivity contribution is 6.23. The van der Waals surface area contributed by atoms with Gasteiger partial charge in [-0.15, -0.1) is 0 Å². The van der Waals surface area contributed by atoms with Gasteiger partial charge >= 0.3 is 0 Å². The van der Waals surface area contributed by atoms with Crippen molar-refractivity contribution in [3.63, 3.8) is 0 Å². The second-order valence-corrected chi connectivity index (χ2v) is 7.12. The summed E-state index contributed by atoms with van der Waals surface area (Å²) in [7, 11) is 0. The van der Waals surface area contributed by atoms with E-state index < -0.39 is 40.6 Å². The number of nitrogens with one attached hydrogen (secondary N) is 1. The van der Waals surface area contributed by atoms with Gasteiger partial charge < -0.3 is 15.5 Å². The van der Waals surface area contributed by atoms with Crippen LogP contribution in [0, 0.1) is 5.41 Å². The number of rotatable bonds is 3. The first kappa shape index (κ1) is 17.5. The third-order valence-corrected chi connectivity index (χ3v) is 5.61. The van der Waals surface area contributed by atoms with Crippen LogP contribution in [0.25, 0.3) is 0 Å². The number of aliphatic hydroxyl groups is 2. The molecule has 0 radical (unpaired) electrons. The smallest absolute Gasteiger partial charge is 0.261 e. The zero-order chi connectivity index (χ0) is 18.6. The molecule has 3 rings (SSSR count). The summed E-state index contributed by atoms with van der Waals surface area (Å²) in [5.41, 5.74) is -2.41. The SMILES string of the molecule is CC1=C(C)C(=O)C(C)(C2(O)C(=O)NC(C(O)c3ccccc3)C2=O)C1.